The molecule has 2 aliphatic rings. The molecule has 14 heavy (non-hydrogen) atoms. The summed E-state index contributed by atoms with van der Waals surface area (Å²) in [4.78, 5) is 22.2. The second-order valence-electron chi connectivity index (χ2n) is 3.79. The number of carbonyl (C=O) groups is 2. The first-order valence-corrected chi connectivity index (χ1v) is 4.99. The second-order valence-corrected chi connectivity index (χ2v) is 3.79. The van der Waals surface area contributed by atoms with Gasteiger partial charge in [-0.05, 0) is 12.8 Å². The van der Waals surface area contributed by atoms with Gasteiger partial charge in [-0.15, -0.1) is 0 Å². The van der Waals surface area contributed by atoms with Gasteiger partial charge in [0.2, 0.25) is 5.91 Å². The van der Waals surface area contributed by atoms with Gasteiger partial charge in [-0.2, -0.15) is 0 Å². The SMILES string of the molecule is O=C1NC(C(=O)NC2CCCC2)CO1. The number of carbonyl (C=O) groups excluding carboxylic acids is 2. The van der Waals surface area contributed by atoms with E-state index in [2.05, 4.69) is 15.4 Å². The average Bonchev–Trinajstić information content (AvgIpc) is 2.75. The zero-order valence-electron chi connectivity index (χ0n) is 7.91. The van der Waals surface area contributed by atoms with E-state index >= 15 is 0 Å². The first-order chi connectivity index (χ1) is 6.75. The molecule has 2 fully saturated rings. The van der Waals surface area contributed by atoms with Crippen molar-refractivity contribution in [1.29, 1.82) is 0 Å². The van der Waals surface area contributed by atoms with Gasteiger partial charge in [0.1, 0.15) is 12.6 Å². The summed E-state index contributed by atoms with van der Waals surface area (Å²) in [5.74, 6) is -0.122. The highest BCUT2D eigenvalue weighted by Crippen LogP contribution is 2.17. The van der Waals surface area contributed by atoms with Gasteiger partial charge in [0, 0.05) is 6.04 Å². The Balaban J connectivity index is 1.80. The normalized spacial score (nSPS) is 27.1. The van der Waals surface area contributed by atoms with Crippen molar-refractivity contribution in [2.24, 2.45) is 0 Å². The molecule has 1 atom stereocenters. The molecule has 1 aliphatic carbocycles. The van der Waals surface area contributed by atoms with Gasteiger partial charge in [0.15, 0.2) is 0 Å². The first kappa shape index (κ1) is 9.30. The highest BCUT2D eigenvalue weighted by molar-refractivity contribution is 5.87. The predicted molar refractivity (Wildman–Crippen MR) is 48.7 cm³/mol. The highest BCUT2D eigenvalue weighted by atomic mass is 16.6. The van der Waals surface area contributed by atoms with Crippen LogP contribution in [0.25, 0.3) is 0 Å². The maximum Gasteiger partial charge on any atom is 0.407 e. The van der Waals surface area contributed by atoms with Crippen LogP contribution in [0, 0.1) is 0 Å². The van der Waals surface area contributed by atoms with Gasteiger partial charge in [-0.1, -0.05) is 12.8 Å². The smallest absolute Gasteiger partial charge is 0.407 e. The van der Waals surface area contributed by atoms with Crippen LogP contribution in [-0.4, -0.2) is 30.7 Å². The van der Waals surface area contributed by atoms with Gasteiger partial charge in [0.05, 0.1) is 0 Å². The Bertz CT molecular complexity index is 248. The fourth-order valence-corrected chi connectivity index (χ4v) is 1.90. The minimum atomic E-state index is -0.503. The molecule has 0 radical (unpaired) electrons. The van der Waals surface area contributed by atoms with E-state index < -0.39 is 12.1 Å². The topological polar surface area (TPSA) is 67.4 Å². The molecule has 2 N–H and O–H groups in total. The Morgan fingerprint density at radius 2 is 2.14 bits per heavy atom. The molecular weight excluding hydrogens is 184 g/mol. The fourth-order valence-electron chi connectivity index (χ4n) is 1.90. The molecule has 1 heterocycles. The van der Waals surface area contributed by atoms with Gasteiger partial charge < -0.3 is 15.4 Å². The van der Waals surface area contributed by atoms with Crippen LogP contribution in [0.15, 0.2) is 0 Å². The molecule has 0 bridgehead atoms. The Labute approximate surface area is 82.2 Å². The fraction of sp³-hybridized carbons (Fsp3) is 0.778. The van der Waals surface area contributed by atoms with Crippen molar-refractivity contribution in [3.05, 3.63) is 0 Å². The van der Waals surface area contributed by atoms with Crippen LogP contribution in [0.1, 0.15) is 25.7 Å². The van der Waals surface area contributed by atoms with Crippen molar-refractivity contribution in [2.75, 3.05) is 6.61 Å². The van der Waals surface area contributed by atoms with E-state index in [1.54, 1.807) is 0 Å². The maximum absolute atomic E-state index is 11.5. The minimum absolute atomic E-state index is 0.122. The van der Waals surface area contributed by atoms with Crippen LogP contribution in [0.5, 0.6) is 0 Å². The Hall–Kier alpha value is -1.26. The van der Waals surface area contributed by atoms with Crippen molar-refractivity contribution >= 4 is 12.0 Å². The largest absolute Gasteiger partial charge is 0.447 e. The van der Waals surface area contributed by atoms with Crippen molar-refractivity contribution in [3.8, 4) is 0 Å². The number of hydrogen-bond donors (Lipinski definition) is 2. The second kappa shape index (κ2) is 3.86. The molecule has 1 saturated heterocycles. The lowest BCUT2D eigenvalue weighted by atomic mass is 10.2. The van der Waals surface area contributed by atoms with Crippen molar-refractivity contribution < 1.29 is 14.3 Å². The number of rotatable bonds is 2. The minimum Gasteiger partial charge on any atom is -0.447 e. The highest BCUT2D eigenvalue weighted by Gasteiger charge is 2.30. The molecule has 1 aliphatic heterocycles. The van der Waals surface area contributed by atoms with E-state index in [0.717, 1.165) is 12.8 Å². The van der Waals surface area contributed by atoms with Crippen LogP contribution < -0.4 is 10.6 Å². The lowest BCUT2D eigenvalue weighted by molar-refractivity contribution is -0.123. The van der Waals surface area contributed by atoms with E-state index in [4.69, 9.17) is 0 Å². The zero-order valence-corrected chi connectivity index (χ0v) is 7.91. The quantitative estimate of drug-likeness (QED) is 0.664. The van der Waals surface area contributed by atoms with Gasteiger partial charge in [0.25, 0.3) is 0 Å². The summed E-state index contributed by atoms with van der Waals surface area (Å²) in [6.07, 6.45) is 3.95. The summed E-state index contributed by atoms with van der Waals surface area (Å²) in [5, 5.41) is 5.36. The summed E-state index contributed by atoms with van der Waals surface area (Å²) < 4.78 is 4.64. The number of alkyl carbamates (subject to hydrolysis) is 1. The number of hydrogen-bond acceptors (Lipinski definition) is 3. The Morgan fingerprint density at radius 1 is 1.43 bits per heavy atom. The molecule has 0 spiro atoms. The monoisotopic (exact) mass is 198 g/mol. The van der Waals surface area contributed by atoms with Crippen LogP contribution in [0.4, 0.5) is 4.79 Å². The molecule has 2 rings (SSSR count). The summed E-state index contributed by atoms with van der Waals surface area (Å²) >= 11 is 0. The van der Waals surface area contributed by atoms with E-state index in [0.29, 0.717) is 6.04 Å². The zero-order chi connectivity index (χ0) is 9.97. The number of amides is 2. The third kappa shape index (κ3) is 1.97. The molecule has 5 nitrogen and oxygen atoms in total. The summed E-state index contributed by atoms with van der Waals surface area (Å²) in [5.41, 5.74) is 0. The number of cyclic esters (lactones) is 1. The van der Waals surface area contributed by atoms with Crippen LogP contribution in [0.2, 0.25) is 0 Å². The van der Waals surface area contributed by atoms with Crippen LogP contribution in [0.3, 0.4) is 0 Å². The molecular formula is C9H14N2O3. The van der Waals surface area contributed by atoms with E-state index in [9.17, 15) is 9.59 Å². The lowest BCUT2D eigenvalue weighted by Crippen LogP contribution is -2.46. The van der Waals surface area contributed by atoms with E-state index in [1.165, 1.54) is 12.8 Å². The Morgan fingerprint density at radius 3 is 2.71 bits per heavy atom. The van der Waals surface area contributed by atoms with Crippen molar-refractivity contribution in [2.45, 2.75) is 37.8 Å². The predicted octanol–water partition coefficient (Wildman–Crippen LogP) is 0.154. The lowest BCUT2D eigenvalue weighted by Gasteiger charge is -2.14. The first-order valence-electron chi connectivity index (χ1n) is 4.99. The summed E-state index contributed by atoms with van der Waals surface area (Å²) in [6, 6.07) is -0.205. The maximum atomic E-state index is 11.5. The number of nitrogens with one attached hydrogen (secondary N) is 2. The number of ether oxygens (including phenoxy) is 1. The van der Waals surface area contributed by atoms with Crippen molar-refractivity contribution in [1.82, 2.24) is 10.6 Å². The Kier molecular flexibility index (Phi) is 2.56. The van der Waals surface area contributed by atoms with Crippen LogP contribution >= 0.6 is 0 Å². The summed E-state index contributed by atoms with van der Waals surface area (Å²) in [7, 11) is 0. The van der Waals surface area contributed by atoms with E-state index in [1.807, 2.05) is 0 Å². The molecule has 2 amide bonds. The third-order valence-corrected chi connectivity index (χ3v) is 2.69. The van der Waals surface area contributed by atoms with E-state index in [-0.39, 0.29) is 12.5 Å². The molecule has 1 unspecified atom stereocenters. The molecule has 5 heteroatoms. The van der Waals surface area contributed by atoms with Gasteiger partial charge in [-0.25, -0.2) is 4.79 Å². The van der Waals surface area contributed by atoms with Gasteiger partial charge >= 0.3 is 6.09 Å². The molecule has 0 aromatic heterocycles. The molecule has 78 valence electrons. The standard InChI is InChI=1S/C9H14N2O3/c12-8(7-5-14-9(13)11-7)10-6-3-1-2-4-6/h6-7H,1-5H2,(H,10,12)(H,11,13). The molecule has 0 aromatic carbocycles. The van der Waals surface area contributed by atoms with Crippen LogP contribution in [-0.2, 0) is 9.53 Å². The molecule has 1 saturated carbocycles. The summed E-state index contributed by atoms with van der Waals surface area (Å²) in [6.45, 7) is 0.150. The third-order valence-electron chi connectivity index (χ3n) is 2.69. The van der Waals surface area contributed by atoms with Crippen molar-refractivity contribution in [3.63, 3.8) is 0 Å². The van der Waals surface area contributed by atoms with Gasteiger partial charge in [-0.3, -0.25) is 4.79 Å². The molecule has 0 aromatic rings. The average molecular weight is 198 g/mol.